The summed E-state index contributed by atoms with van der Waals surface area (Å²) < 4.78 is 0. The van der Waals surface area contributed by atoms with Gasteiger partial charge in [-0.1, -0.05) is 53.5 Å². The van der Waals surface area contributed by atoms with Crippen LogP contribution in [-0.2, 0) is 11.2 Å². The Balaban J connectivity index is 2.14. The number of carbonyl (C=O) groups is 2. The fourth-order valence-corrected chi connectivity index (χ4v) is 2.52. The third-order valence-corrected chi connectivity index (χ3v) is 4.02. The van der Waals surface area contributed by atoms with Crippen molar-refractivity contribution in [1.29, 1.82) is 0 Å². The zero-order valence-electron chi connectivity index (χ0n) is 12.3. The van der Waals surface area contributed by atoms with E-state index in [9.17, 15) is 19.7 Å². The van der Waals surface area contributed by atoms with Gasteiger partial charge < -0.3 is 5.32 Å². The summed E-state index contributed by atoms with van der Waals surface area (Å²) in [4.78, 5) is 33.4. The third-order valence-electron chi connectivity index (χ3n) is 3.14. The van der Waals surface area contributed by atoms with Crippen LogP contribution in [0.25, 0.3) is 0 Å². The Bertz CT molecular complexity index is 794. The van der Waals surface area contributed by atoms with E-state index in [1.807, 2.05) is 30.3 Å². The van der Waals surface area contributed by atoms with Crippen LogP contribution >= 0.6 is 23.2 Å². The minimum atomic E-state index is -0.879. The molecule has 0 fully saturated rings. The Labute approximate surface area is 147 Å². The fraction of sp³-hybridized carbons (Fsp3) is 0.125. The summed E-state index contributed by atoms with van der Waals surface area (Å²) in [6.45, 7) is -0.879. The molecule has 0 saturated heterocycles. The average Bonchev–Trinajstić information content (AvgIpc) is 2.52. The molecule has 0 aliphatic heterocycles. The van der Waals surface area contributed by atoms with E-state index in [2.05, 4.69) is 5.32 Å². The number of hydrogen-bond donors (Lipinski definition) is 1. The highest BCUT2D eigenvalue weighted by molar-refractivity contribution is 6.45. The number of hydrogen-bond acceptors (Lipinski definition) is 4. The van der Waals surface area contributed by atoms with Gasteiger partial charge >= 0.3 is 0 Å². The molecule has 0 radical (unpaired) electrons. The smallest absolute Gasteiger partial charge is 0.265 e. The van der Waals surface area contributed by atoms with E-state index in [1.165, 1.54) is 12.1 Å². The molecule has 0 saturated carbocycles. The summed E-state index contributed by atoms with van der Waals surface area (Å²) in [6, 6.07) is 11.8. The molecule has 1 amide bonds. The Morgan fingerprint density at radius 1 is 1.04 bits per heavy atom. The number of amides is 1. The number of ketones is 1. The van der Waals surface area contributed by atoms with Gasteiger partial charge in [0.1, 0.15) is 0 Å². The molecule has 0 bridgehead atoms. The van der Waals surface area contributed by atoms with E-state index in [1.54, 1.807) is 0 Å². The molecule has 0 spiro atoms. The first-order chi connectivity index (χ1) is 11.4. The van der Waals surface area contributed by atoms with Gasteiger partial charge in [0.25, 0.3) is 6.54 Å². The lowest BCUT2D eigenvalue weighted by molar-refractivity contribution is -0.465. The van der Waals surface area contributed by atoms with Crippen LogP contribution in [0.1, 0.15) is 15.9 Å². The van der Waals surface area contributed by atoms with Crippen molar-refractivity contribution in [2.45, 2.75) is 6.42 Å². The summed E-state index contributed by atoms with van der Waals surface area (Å²) in [5.74, 6) is -1.06. The molecular formula is C16H12Cl2N2O4. The van der Waals surface area contributed by atoms with Crippen molar-refractivity contribution < 1.29 is 14.5 Å². The average molecular weight is 367 g/mol. The van der Waals surface area contributed by atoms with Gasteiger partial charge in [-0.2, -0.15) is 0 Å². The maximum Gasteiger partial charge on any atom is 0.265 e. The van der Waals surface area contributed by atoms with Crippen molar-refractivity contribution in [3.8, 4) is 0 Å². The lowest BCUT2D eigenvalue weighted by Gasteiger charge is -2.10. The maximum atomic E-state index is 12.0. The van der Waals surface area contributed by atoms with Crippen LogP contribution in [0.2, 0.25) is 10.0 Å². The van der Waals surface area contributed by atoms with Crippen molar-refractivity contribution in [2.24, 2.45) is 0 Å². The predicted molar refractivity (Wildman–Crippen MR) is 91.4 cm³/mol. The van der Waals surface area contributed by atoms with Gasteiger partial charge in [-0.15, -0.1) is 0 Å². The normalized spacial score (nSPS) is 10.2. The molecule has 2 aromatic carbocycles. The van der Waals surface area contributed by atoms with E-state index in [4.69, 9.17) is 23.2 Å². The Morgan fingerprint density at radius 2 is 1.71 bits per heavy atom. The Hall–Kier alpha value is -2.44. The van der Waals surface area contributed by atoms with E-state index in [0.717, 1.165) is 5.56 Å². The topological polar surface area (TPSA) is 89.3 Å². The van der Waals surface area contributed by atoms with E-state index >= 15 is 0 Å². The first-order valence-corrected chi connectivity index (χ1v) is 7.61. The lowest BCUT2D eigenvalue weighted by atomic mass is 10.1. The molecule has 2 rings (SSSR count). The van der Waals surface area contributed by atoms with Crippen molar-refractivity contribution in [2.75, 3.05) is 11.9 Å². The highest BCUT2D eigenvalue weighted by atomic mass is 35.5. The minimum Gasteiger partial charge on any atom is -0.324 e. The van der Waals surface area contributed by atoms with Crippen LogP contribution in [-0.4, -0.2) is 23.2 Å². The molecule has 8 heteroatoms. The van der Waals surface area contributed by atoms with Gasteiger partial charge in [-0.05, 0) is 17.7 Å². The maximum absolute atomic E-state index is 12.0. The Kier molecular flexibility index (Phi) is 5.89. The first-order valence-electron chi connectivity index (χ1n) is 6.85. The van der Waals surface area contributed by atoms with E-state index in [0.29, 0.717) is 0 Å². The number of nitrogens with one attached hydrogen (secondary N) is 1. The van der Waals surface area contributed by atoms with Gasteiger partial charge in [0, 0.05) is 10.5 Å². The zero-order chi connectivity index (χ0) is 17.7. The minimum absolute atomic E-state index is 0.0349. The van der Waals surface area contributed by atoms with Crippen molar-refractivity contribution in [3.63, 3.8) is 0 Å². The quantitative estimate of drug-likeness (QED) is 0.480. The summed E-state index contributed by atoms with van der Waals surface area (Å²) in [5, 5.41) is 12.9. The van der Waals surface area contributed by atoms with Gasteiger partial charge in [0.2, 0.25) is 11.7 Å². The monoisotopic (exact) mass is 366 g/mol. The highest BCUT2D eigenvalue weighted by Gasteiger charge is 2.20. The second kappa shape index (κ2) is 7.90. The lowest BCUT2D eigenvalue weighted by Crippen LogP contribution is -2.16. The molecule has 0 heterocycles. The standard InChI is InChI=1S/C16H12Cl2N2O4/c17-15-11(13(21)9-20(23)24)6-7-12(16(15)18)19-14(22)8-10-4-2-1-3-5-10/h1-7H,8-9H2,(H,19,22). The van der Waals surface area contributed by atoms with E-state index in [-0.39, 0.29) is 33.6 Å². The third kappa shape index (κ3) is 4.53. The number of nitrogens with zero attached hydrogens (tertiary/aromatic N) is 1. The summed E-state index contributed by atoms with van der Waals surface area (Å²) in [6.07, 6.45) is 0.150. The second-order valence-corrected chi connectivity index (χ2v) is 5.67. The van der Waals surface area contributed by atoms with Crippen LogP contribution in [0.5, 0.6) is 0 Å². The van der Waals surface area contributed by atoms with Crippen molar-refractivity contribution in [1.82, 2.24) is 0 Å². The van der Waals surface area contributed by atoms with Gasteiger partial charge in [-0.3, -0.25) is 19.7 Å². The number of rotatable bonds is 6. The molecule has 124 valence electrons. The molecule has 0 atom stereocenters. The predicted octanol–water partition coefficient (Wildman–Crippen LogP) is 3.63. The summed E-state index contributed by atoms with van der Waals surface area (Å²) in [7, 11) is 0. The summed E-state index contributed by atoms with van der Waals surface area (Å²) >= 11 is 12.1. The van der Waals surface area contributed by atoms with Gasteiger partial charge in [-0.25, -0.2) is 0 Å². The molecule has 24 heavy (non-hydrogen) atoms. The molecular weight excluding hydrogens is 355 g/mol. The fourth-order valence-electron chi connectivity index (χ4n) is 2.04. The highest BCUT2D eigenvalue weighted by Crippen LogP contribution is 2.33. The molecule has 6 nitrogen and oxygen atoms in total. The van der Waals surface area contributed by atoms with E-state index < -0.39 is 17.3 Å². The number of nitro groups is 1. The van der Waals surface area contributed by atoms with Crippen molar-refractivity contribution >= 4 is 40.6 Å². The van der Waals surface area contributed by atoms with Crippen LogP contribution in [0.4, 0.5) is 5.69 Å². The largest absolute Gasteiger partial charge is 0.324 e. The molecule has 2 aromatic rings. The SMILES string of the molecule is O=C(Cc1ccccc1)Nc1ccc(C(=O)C[N+](=O)[O-])c(Cl)c1Cl. The number of halogens is 2. The molecule has 0 aliphatic carbocycles. The first kappa shape index (κ1) is 17.9. The van der Waals surface area contributed by atoms with Gasteiger partial charge in [0.15, 0.2) is 0 Å². The van der Waals surface area contributed by atoms with Crippen LogP contribution in [0, 0.1) is 10.1 Å². The van der Waals surface area contributed by atoms with Crippen LogP contribution < -0.4 is 5.32 Å². The van der Waals surface area contributed by atoms with Crippen molar-refractivity contribution in [3.05, 3.63) is 73.8 Å². The van der Waals surface area contributed by atoms with Crippen LogP contribution in [0.15, 0.2) is 42.5 Å². The number of Topliss-reactive ketones (excluding diaryl/α,β-unsaturated/α-hetero) is 1. The van der Waals surface area contributed by atoms with Crippen LogP contribution in [0.3, 0.4) is 0 Å². The molecule has 0 aromatic heterocycles. The zero-order valence-corrected chi connectivity index (χ0v) is 13.8. The number of benzene rings is 2. The Morgan fingerprint density at radius 3 is 2.33 bits per heavy atom. The summed E-state index contributed by atoms with van der Waals surface area (Å²) in [5.41, 5.74) is 1.01. The number of carbonyl (C=O) groups excluding carboxylic acids is 2. The second-order valence-electron chi connectivity index (χ2n) is 4.91. The molecule has 1 N–H and O–H groups in total. The molecule has 0 aliphatic rings. The van der Waals surface area contributed by atoms with Gasteiger partial charge in [0.05, 0.1) is 22.2 Å². The number of anilines is 1. The molecule has 0 unspecified atom stereocenters.